The van der Waals surface area contributed by atoms with Gasteiger partial charge in [0.15, 0.2) is 0 Å². The summed E-state index contributed by atoms with van der Waals surface area (Å²) < 4.78 is 34.9. The third kappa shape index (κ3) is 3.90. The topological polar surface area (TPSA) is 77.1 Å². The second-order valence-corrected chi connectivity index (χ2v) is 7.95. The van der Waals surface area contributed by atoms with Crippen LogP contribution in [0, 0.1) is 6.92 Å². The first kappa shape index (κ1) is 18.0. The highest BCUT2D eigenvalue weighted by molar-refractivity contribution is 7.89. The number of rotatable bonds is 6. The van der Waals surface area contributed by atoms with Gasteiger partial charge in [-0.15, -0.1) is 0 Å². The van der Waals surface area contributed by atoms with Gasteiger partial charge in [0.05, 0.1) is 11.3 Å². The molecule has 3 aromatic rings. The van der Waals surface area contributed by atoms with Crippen LogP contribution in [0.15, 0.2) is 58.3 Å². The number of nitrogens with zero attached hydrogens (tertiary/aromatic N) is 2. The van der Waals surface area contributed by atoms with Crippen molar-refractivity contribution in [2.24, 2.45) is 0 Å². The molecule has 0 saturated carbocycles. The van der Waals surface area contributed by atoms with E-state index >= 15 is 0 Å². The minimum atomic E-state index is -3.83. The van der Waals surface area contributed by atoms with E-state index in [2.05, 4.69) is 9.82 Å². The Labute approximate surface area is 155 Å². The van der Waals surface area contributed by atoms with E-state index in [1.807, 2.05) is 0 Å². The van der Waals surface area contributed by atoms with Gasteiger partial charge in [0.2, 0.25) is 10.0 Å². The van der Waals surface area contributed by atoms with E-state index in [-0.39, 0.29) is 16.5 Å². The number of hydrogen-bond donors (Lipinski definition) is 1. The number of halogens is 2. The summed E-state index contributed by atoms with van der Waals surface area (Å²) in [6.45, 7) is 1.77. The van der Waals surface area contributed by atoms with Crippen LogP contribution in [0.5, 0.6) is 0 Å². The fraction of sp³-hybridized carbons (Fsp3) is 0.188. The predicted molar refractivity (Wildman–Crippen MR) is 95.5 cm³/mol. The zero-order valence-electron chi connectivity index (χ0n) is 13.2. The fourth-order valence-corrected chi connectivity index (χ4v) is 4.24. The molecule has 0 saturated heterocycles. The first-order valence-corrected chi connectivity index (χ1v) is 9.60. The zero-order chi connectivity index (χ0) is 18.0. The zero-order valence-corrected chi connectivity index (χ0v) is 15.5. The Bertz CT molecular complexity index is 921. The highest BCUT2D eigenvalue weighted by atomic mass is 35.5. The molecule has 0 aliphatic rings. The molecule has 9 heteroatoms. The summed E-state index contributed by atoms with van der Waals surface area (Å²) in [6.07, 6.45) is 4.88. The van der Waals surface area contributed by atoms with Gasteiger partial charge in [-0.25, -0.2) is 13.1 Å². The van der Waals surface area contributed by atoms with Crippen molar-refractivity contribution in [3.8, 4) is 0 Å². The minimum Gasteiger partial charge on any atom is -0.467 e. The van der Waals surface area contributed by atoms with E-state index < -0.39 is 16.1 Å². The largest absolute Gasteiger partial charge is 0.467 e. The average molecular weight is 400 g/mol. The molecule has 3 rings (SSSR count). The molecule has 0 spiro atoms. The second kappa shape index (κ2) is 7.21. The summed E-state index contributed by atoms with van der Waals surface area (Å²) >= 11 is 12.0. The van der Waals surface area contributed by atoms with Crippen molar-refractivity contribution in [1.82, 2.24) is 14.5 Å². The first-order valence-electron chi connectivity index (χ1n) is 7.36. The van der Waals surface area contributed by atoms with Crippen LogP contribution in [0.4, 0.5) is 0 Å². The SMILES string of the molecule is Cc1cc(S(=O)(=O)NCC(c2ccco2)n2cccn2)c(Cl)cc1Cl. The number of aryl methyl sites for hydroxylation is 1. The van der Waals surface area contributed by atoms with Crippen LogP contribution in [-0.2, 0) is 10.0 Å². The average Bonchev–Trinajstić information content (AvgIpc) is 3.24. The molecule has 1 atom stereocenters. The summed E-state index contributed by atoms with van der Waals surface area (Å²) in [6, 6.07) is 7.70. The maximum Gasteiger partial charge on any atom is 0.242 e. The van der Waals surface area contributed by atoms with Crippen LogP contribution in [0.1, 0.15) is 17.4 Å². The number of sulfonamides is 1. The highest BCUT2D eigenvalue weighted by Gasteiger charge is 2.24. The molecule has 6 nitrogen and oxygen atoms in total. The minimum absolute atomic E-state index is 0.0188. The van der Waals surface area contributed by atoms with Crippen LogP contribution in [0.3, 0.4) is 0 Å². The lowest BCUT2D eigenvalue weighted by molar-refractivity contribution is 0.402. The maximum atomic E-state index is 12.7. The van der Waals surface area contributed by atoms with Crippen LogP contribution in [-0.4, -0.2) is 24.7 Å². The van der Waals surface area contributed by atoms with Gasteiger partial charge in [0, 0.05) is 24.0 Å². The molecule has 1 N–H and O–H groups in total. The maximum absolute atomic E-state index is 12.7. The van der Waals surface area contributed by atoms with Crippen molar-refractivity contribution in [2.45, 2.75) is 17.9 Å². The van der Waals surface area contributed by atoms with Gasteiger partial charge in [-0.1, -0.05) is 23.2 Å². The smallest absolute Gasteiger partial charge is 0.242 e. The van der Waals surface area contributed by atoms with Gasteiger partial charge in [-0.3, -0.25) is 4.68 Å². The monoisotopic (exact) mass is 399 g/mol. The third-order valence-electron chi connectivity index (χ3n) is 3.69. The molecule has 0 fully saturated rings. The van der Waals surface area contributed by atoms with Crippen LogP contribution < -0.4 is 4.72 Å². The lowest BCUT2D eigenvalue weighted by Gasteiger charge is -2.17. The third-order valence-corrected chi connectivity index (χ3v) is 5.98. The second-order valence-electron chi connectivity index (χ2n) is 5.40. The Morgan fingerprint density at radius 3 is 2.72 bits per heavy atom. The van der Waals surface area contributed by atoms with Gasteiger partial charge in [0.1, 0.15) is 16.7 Å². The van der Waals surface area contributed by atoms with Crippen LogP contribution >= 0.6 is 23.2 Å². The van der Waals surface area contributed by atoms with Crippen molar-refractivity contribution in [2.75, 3.05) is 6.54 Å². The molecule has 0 amide bonds. The molecule has 0 aliphatic carbocycles. The van der Waals surface area contributed by atoms with Crippen molar-refractivity contribution in [3.63, 3.8) is 0 Å². The lowest BCUT2D eigenvalue weighted by atomic mass is 10.2. The molecular weight excluding hydrogens is 385 g/mol. The van der Waals surface area contributed by atoms with Crippen molar-refractivity contribution in [3.05, 3.63) is 70.4 Å². The molecule has 0 aliphatic heterocycles. The van der Waals surface area contributed by atoms with Crippen molar-refractivity contribution < 1.29 is 12.8 Å². The molecule has 2 aromatic heterocycles. The molecule has 0 bridgehead atoms. The highest BCUT2D eigenvalue weighted by Crippen LogP contribution is 2.28. The van der Waals surface area contributed by atoms with E-state index in [0.717, 1.165) is 0 Å². The predicted octanol–water partition coefficient (Wildman–Crippen LogP) is 3.66. The Morgan fingerprint density at radius 2 is 2.08 bits per heavy atom. The normalized spacial score (nSPS) is 13.1. The van der Waals surface area contributed by atoms with E-state index in [4.69, 9.17) is 27.6 Å². The van der Waals surface area contributed by atoms with E-state index in [0.29, 0.717) is 16.3 Å². The number of hydrogen-bond acceptors (Lipinski definition) is 4. The van der Waals surface area contributed by atoms with E-state index in [1.165, 1.54) is 18.4 Å². The first-order chi connectivity index (χ1) is 11.9. The number of nitrogens with one attached hydrogen (secondary N) is 1. The van der Waals surface area contributed by atoms with Crippen LogP contribution in [0.2, 0.25) is 10.0 Å². The number of benzene rings is 1. The van der Waals surface area contributed by atoms with Gasteiger partial charge < -0.3 is 4.42 Å². The summed E-state index contributed by atoms with van der Waals surface area (Å²) in [7, 11) is -3.83. The summed E-state index contributed by atoms with van der Waals surface area (Å²) in [5.41, 5.74) is 0.626. The van der Waals surface area contributed by atoms with Crippen molar-refractivity contribution >= 4 is 33.2 Å². The summed E-state index contributed by atoms with van der Waals surface area (Å²) in [4.78, 5) is -0.0188. The Morgan fingerprint density at radius 1 is 1.28 bits per heavy atom. The molecule has 2 heterocycles. The lowest BCUT2D eigenvalue weighted by Crippen LogP contribution is -2.31. The van der Waals surface area contributed by atoms with Gasteiger partial charge >= 0.3 is 0 Å². The molecule has 25 heavy (non-hydrogen) atoms. The van der Waals surface area contributed by atoms with Gasteiger partial charge in [0.25, 0.3) is 0 Å². The number of furan rings is 1. The molecule has 1 unspecified atom stereocenters. The Kier molecular flexibility index (Phi) is 5.19. The van der Waals surface area contributed by atoms with Crippen LogP contribution in [0.25, 0.3) is 0 Å². The van der Waals surface area contributed by atoms with Gasteiger partial charge in [-0.2, -0.15) is 5.10 Å². The molecule has 132 valence electrons. The fourth-order valence-electron chi connectivity index (χ4n) is 2.37. The molecular formula is C16H15Cl2N3O3S. The Hall–Kier alpha value is -1.80. The molecule has 0 radical (unpaired) electrons. The standard InChI is InChI=1S/C16H15Cl2N3O3S/c1-11-8-16(13(18)9-12(11)17)25(22,23)20-10-14(15-4-2-7-24-15)21-6-3-5-19-21/h2-9,14,20H,10H2,1H3. The number of aromatic nitrogens is 2. The summed E-state index contributed by atoms with van der Waals surface area (Å²) in [5, 5.41) is 4.65. The quantitative estimate of drug-likeness (QED) is 0.685. The molecule has 1 aromatic carbocycles. The van der Waals surface area contributed by atoms with Gasteiger partial charge in [-0.05, 0) is 42.8 Å². The van der Waals surface area contributed by atoms with Crippen molar-refractivity contribution in [1.29, 1.82) is 0 Å². The van der Waals surface area contributed by atoms with E-state index in [1.54, 1.807) is 42.2 Å². The van der Waals surface area contributed by atoms with E-state index in [9.17, 15) is 8.42 Å². The Balaban J connectivity index is 1.87. The summed E-state index contributed by atoms with van der Waals surface area (Å²) in [5.74, 6) is 0.588.